The lowest BCUT2D eigenvalue weighted by atomic mass is 10.1. The molecule has 3 nitrogen and oxygen atoms in total. The summed E-state index contributed by atoms with van der Waals surface area (Å²) in [5.41, 5.74) is 3.49. The molecule has 2 aromatic rings. The average molecular weight is 283 g/mol. The second kappa shape index (κ2) is 6.93. The minimum atomic E-state index is -0.763. The Morgan fingerprint density at radius 1 is 1.10 bits per heavy atom. The van der Waals surface area contributed by atoms with Crippen molar-refractivity contribution in [1.29, 1.82) is 0 Å². The summed E-state index contributed by atoms with van der Waals surface area (Å²) in [6.07, 6.45) is 0. The Balaban J connectivity index is 2.24. The van der Waals surface area contributed by atoms with Gasteiger partial charge in [-0.3, -0.25) is 4.79 Å². The molecule has 0 aliphatic heterocycles. The molecule has 1 unspecified atom stereocenters. The molecule has 0 aliphatic carbocycles. The van der Waals surface area contributed by atoms with E-state index in [9.17, 15) is 9.90 Å². The molecule has 110 valence electrons. The molecule has 1 N–H and O–H groups in total. The highest BCUT2D eigenvalue weighted by Gasteiger charge is 2.17. The molecule has 21 heavy (non-hydrogen) atoms. The fraction of sp³-hybridized carbons (Fsp3) is 0.278. The first-order chi connectivity index (χ1) is 10.1. The van der Waals surface area contributed by atoms with E-state index in [1.807, 2.05) is 42.5 Å². The van der Waals surface area contributed by atoms with Crippen molar-refractivity contribution in [2.75, 3.05) is 11.4 Å². The molecule has 0 amide bonds. The van der Waals surface area contributed by atoms with Gasteiger partial charge < -0.3 is 10.0 Å². The van der Waals surface area contributed by atoms with Crippen molar-refractivity contribution < 1.29 is 9.90 Å². The van der Waals surface area contributed by atoms with Gasteiger partial charge in [0.25, 0.3) is 0 Å². The summed E-state index contributed by atoms with van der Waals surface area (Å²) in [5.74, 6) is -1.17. The summed E-state index contributed by atoms with van der Waals surface area (Å²) < 4.78 is 0. The van der Waals surface area contributed by atoms with Gasteiger partial charge in [0, 0.05) is 18.8 Å². The van der Waals surface area contributed by atoms with Crippen LogP contribution in [0.2, 0.25) is 0 Å². The van der Waals surface area contributed by atoms with Crippen LogP contribution in [0.4, 0.5) is 5.69 Å². The second-order valence-corrected chi connectivity index (χ2v) is 5.38. The van der Waals surface area contributed by atoms with Gasteiger partial charge in [0.2, 0.25) is 0 Å². The third kappa shape index (κ3) is 4.09. The Labute approximate surface area is 125 Å². The van der Waals surface area contributed by atoms with Crippen molar-refractivity contribution >= 4 is 11.7 Å². The fourth-order valence-electron chi connectivity index (χ4n) is 2.30. The number of rotatable bonds is 6. The Hall–Kier alpha value is -2.29. The van der Waals surface area contributed by atoms with Crippen LogP contribution in [-0.2, 0) is 11.3 Å². The molecule has 1 atom stereocenters. The van der Waals surface area contributed by atoms with Crippen LogP contribution in [0, 0.1) is 12.8 Å². The van der Waals surface area contributed by atoms with E-state index in [2.05, 4.69) is 24.0 Å². The first-order valence-electron chi connectivity index (χ1n) is 7.15. The van der Waals surface area contributed by atoms with Crippen molar-refractivity contribution in [3.8, 4) is 0 Å². The Morgan fingerprint density at radius 2 is 1.71 bits per heavy atom. The van der Waals surface area contributed by atoms with E-state index in [0.29, 0.717) is 13.1 Å². The lowest BCUT2D eigenvalue weighted by Crippen LogP contribution is -2.31. The Morgan fingerprint density at radius 3 is 2.33 bits per heavy atom. The number of aryl methyl sites for hydroxylation is 1. The van der Waals surface area contributed by atoms with Gasteiger partial charge in [-0.05, 0) is 30.2 Å². The van der Waals surface area contributed by atoms with Gasteiger partial charge in [-0.2, -0.15) is 0 Å². The van der Waals surface area contributed by atoms with Crippen LogP contribution in [0.25, 0.3) is 0 Å². The summed E-state index contributed by atoms with van der Waals surface area (Å²) in [7, 11) is 0. The highest BCUT2D eigenvalue weighted by atomic mass is 16.4. The highest BCUT2D eigenvalue weighted by Crippen LogP contribution is 2.20. The summed E-state index contributed by atoms with van der Waals surface area (Å²) in [5, 5.41) is 9.17. The molecule has 0 aliphatic rings. The van der Waals surface area contributed by atoms with Crippen molar-refractivity contribution in [1.82, 2.24) is 0 Å². The number of aliphatic carboxylic acids is 1. The molecule has 0 fully saturated rings. The van der Waals surface area contributed by atoms with E-state index >= 15 is 0 Å². The minimum Gasteiger partial charge on any atom is -0.481 e. The number of benzene rings is 2. The first kappa shape index (κ1) is 15.1. The zero-order valence-electron chi connectivity index (χ0n) is 12.5. The highest BCUT2D eigenvalue weighted by molar-refractivity contribution is 5.70. The van der Waals surface area contributed by atoms with Crippen molar-refractivity contribution in [3.05, 3.63) is 65.7 Å². The van der Waals surface area contributed by atoms with E-state index in [0.717, 1.165) is 5.69 Å². The van der Waals surface area contributed by atoms with Gasteiger partial charge in [-0.25, -0.2) is 0 Å². The summed E-state index contributed by atoms with van der Waals surface area (Å²) in [6.45, 7) is 5.04. The number of nitrogens with zero attached hydrogens (tertiary/aromatic N) is 1. The largest absolute Gasteiger partial charge is 0.481 e. The van der Waals surface area contributed by atoms with Gasteiger partial charge in [-0.15, -0.1) is 0 Å². The predicted octanol–water partition coefficient (Wildman–Crippen LogP) is 3.72. The van der Waals surface area contributed by atoms with Crippen LogP contribution in [0.1, 0.15) is 18.1 Å². The summed E-state index contributed by atoms with van der Waals surface area (Å²) in [4.78, 5) is 13.3. The Bertz CT molecular complexity index is 595. The molecule has 2 aromatic carbocycles. The number of carboxylic acid groups (broad SMARTS) is 1. The molecule has 3 heteroatoms. The fourth-order valence-corrected chi connectivity index (χ4v) is 2.30. The molecule has 0 bridgehead atoms. The van der Waals surface area contributed by atoms with Crippen molar-refractivity contribution in [2.45, 2.75) is 20.4 Å². The van der Waals surface area contributed by atoms with Crippen molar-refractivity contribution in [2.24, 2.45) is 5.92 Å². The molecular formula is C18H21NO2. The number of anilines is 1. The van der Waals surface area contributed by atoms with Crippen LogP contribution in [0.5, 0.6) is 0 Å². The second-order valence-electron chi connectivity index (χ2n) is 5.38. The lowest BCUT2D eigenvalue weighted by Gasteiger charge is -2.27. The monoisotopic (exact) mass is 283 g/mol. The van der Waals surface area contributed by atoms with E-state index in [1.54, 1.807) is 6.92 Å². The molecule has 2 rings (SSSR count). The predicted molar refractivity (Wildman–Crippen MR) is 85.5 cm³/mol. The summed E-state index contributed by atoms with van der Waals surface area (Å²) >= 11 is 0. The number of carbonyl (C=O) groups is 1. The molecular weight excluding hydrogens is 262 g/mol. The molecule has 0 aromatic heterocycles. The molecule has 0 saturated carbocycles. The minimum absolute atomic E-state index is 0.408. The maximum absolute atomic E-state index is 11.2. The standard InChI is InChI=1S/C18H21NO2/c1-14-8-6-7-9-16(14)13-19(12-15(2)18(20)21)17-10-4-3-5-11-17/h3-11,15H,12-13H2,1-2H3,(H,20,21). The van der Waals surface area contributed by atoms with Crippen LogP contribution < -0.4 is 4.90 Å². The van der Waals surface area contributed by atoms with E-state index < -0.39 is 11.9 Å². The van der Waals surface area contributed by atoms with E-state index in [1.165, 1.54) is 11.1 Å². The van der Waals surface area contributed by atoms with Gasteiger partial charge in [0.1, 0.15) is 0 Å². The number of para-hydroxylation sites is 1. The van der Waals surface area contributed by atoms with Crippen molar-refractivity contribution in [3.63, 3.8) is 0 Å². The lowest BCUT2D eigenvalue weighted by molar-refractivity contribution is -0.140. The van der Waals surface area contributed by atoms with E-state index in [-0.39, 0.29) is 0 Å². The number of hydrogen-bond acceptors (Lipinski definition) is 2. The quantitative estimate of drug-likeness (QED) is 0.878. The van der Waals surface area contributed by atoms with Gasteiger partial charge in [0.15, 0.2) is 0 Å². The average Bonchev–Trinajstić information content (AvgIpc) is 2.49. The number of hydrogen-bond donors (Lipinski definition) is 1. The van der Waals surface area contributed by atoms with Gasteiger partial charge in [-0.1, -0.05) is 49.4 Å². The first-order valence-corrected chi connectivity index (χ1v) is 7.15. The van der Waals surface area contributed by atoms with Gasteiger partial charge >= 0.3 is 5.97 Å². The SMILES string of the molecule is Cc1ccccc1CN(CC(C)C(=O)O)c1ccccc1. The normalized spacial score (nSPS) is 11.9. The van der Waals surface area contributed by atoms with Crippen LogP contribution in [-0.4, -0.2) is 17.6 Å². The van der Waals surface area contributed by atoms with Crippen LogP contribution in [0.3, 0.4) is 0 Å². The third-order valence-electron chi connectivity index (χ3n) is 3.66. The molecule has 0 heterocycles. The smallest absolute Gasteiger partial charge is 0.308 e. The zero-order chi connectivity index (χ0) is 15.2. The summed E-state index contributed by atoms with van der Waals surface area (Å²) in [6, 6.07) is 18.2. The topological polar surface area (TPSA) is 40.5 Å². The Kier molecular flexibility index (Phi) is 4.99. The van der Waals surface area contributed by atoms with Crippen LogP contribution in [0.15, 0.2) is 54.6 Å². The van der Waals surface area contributed by atoms with Crippen LogP contribution >= 0.6 is 0 Å². The maximum Gasteiger partial charge on any atom is 0.308 e. The number of carboxylic acids is 1. The zero-order valence-corrected chi connectivity index (χ0v) is 12.5. The third-order valence-corrected chi connectivity index (χ3v) is 3.66. The molecule has 0 radical (unpaired) electrons. The molecule has 0 spiro atoms. The van der Waals surface area contributed by atoms with Gasteiger partial charge in [0.05, 0.1) is 5.92 Å². The molecule has 0 saturated heterocycles. The maximum atomic E-state index is 11.2. The van der Waals surface area contributed by atoms with E-state index in [4.69, 9.17) is 0 Å².